The highest BCUT2D eigenvalue weighted by molar-refractivity contribution is 7.80. The van der Waals surface area contributed by atoms with Crippen molar-refractivity contribution in [3.8, 4) is 0 Å². The number of hydrogen-bond donors (Lipinski definition) is 0. The average molecular weight is 260 g/mol. The SMILES string of the molecule is CCCCCC1C(=O)CCC1CS(=O)OCC. The lowest BCUT2D eigenvalue weighted by atomic mass is 9.91. The van der Waals surface area contributed by atoms with Crippen LogP contribution in [0.1, 0.15) is 52.4 Å². The number of hydrogen-bond acceptors (Lipinski definition) is 3. The van der Waals surface area contributed by atoms with Gasteiger partial charge >= 0.3 is 0 Å². The monoisotopic (exact) mass is 260 g/mol. The van der Waals surface area contributed by atoms with E-state index in [0.717, 1.165) is 19.3 Å². The molecule has 3 atom stereocenters. The van der Waals surface area contributed by atoms with E-state index in [2.05, 4.69) is 6.92 Å². The molecule has 0 heterocycles. The molecule has 0 radical (unpaired) electrons. The molecule has 3 nitrogen and oxygen atoms in total. The third-order valence-electron chi connectivity index (χ3n) is 3.46. The predicted molar refractivity (Wildman–Crippen MR) is 70.0 cm³/mol. The van der Waals surface area contributed by atoms with Gasteiger partial charge in [0.25, 0.3) is 0 Å². The fourth-order valence-electron chi connectivity index (χ4n) is 2.54. The van der Waals surface area contributed by atoms with Gasteiger partial charge in [-0.2, -0.15) is 0 Å². The molecular formula is C13H24O3S. The van der Waals surface area contributed by atoms with Gasteiger partial charge in [-0.3, -0.25) is 8.98 Å². The molecule has 0 aromatic carbocycles. The first-order chi connectivity index (χ1) is 8.19. The van der Waals surface area contributed by atoms with E-state index >= 15 is 0 Å². The van der Waals surface area contributed by atoms with Crippen molar-refractivity contribution < 1.29 is 13.2 Å². The Morgan fingerprint density at radius 3 is 2.76 bits per heavy atom. The van der Waals surface area contributed by atoms with E-state index in [1.54, 1.807) is 0 Å². The number of rotatable bonds is 8. The Morgan fingerprint density at radius 2 is 2.12 bits per heavy atom. The van der Waals surface area contributed by atoms with Gasteiger partial charge in [0.15, 0.2) is 11.1 Å². The molecule has 0 saturated heterocycles. The van der Waals surface area contributed by atoms with Crippen molar-refractivity contribution in [3.63, 3.8) is 0 Å². The molecule has 1 aliphatic carbocycles. The lowest BCUT2D eigenvalue weighted by molar-refractivity contribution is -0.121. The summed E-state index contributed by atoms with van der Waals surface area (Å²) in [5, 5.41) is 0. The van der Waals surface area contributed by atoms with Crippen molar-refractivity contribution in [2.24, 2.45) is 11.8 Å². The van der Waals surface area contributed by atoms with Gasteiger partial charge in [0.2, 0.25) is 0 Å². The molecule has 1 rings (SSSR count). The predicted octanol–water partition coefficient (Wildman–Crippen LogP) is 2.86. The van der Waals surface area contributed by atoms with E-state index in [9.17, 15) is 9.00 Å². The Morgan fingerprint density at radius 1 is 1.35 bits per heavy atom. The van der Waals surface area contributed by atoms with Gasteiger partial charge in [0.05, 0.1) is 12.4 Å². The van der Waals surface area contributed by atoms with Gasteiger partial charge in [-0.25, -0.2) is 4.21 Å². The van der Waals surface area contributed by atoms with Crippen LogP contribution < -0.4 is 0 Å². The summed E-state index contributed by atoms with van der Waals surface area (Å²) < 4.78 is 16.6. The van der Waals surface area contributed by atoms with Crippen LogP contribution in [0, 0.1) is 11.8 Å². The van der Waals surface area contributed by atoms with Gasteiger partial charge in [-0.1, -0.05) is 26.2 Å². The summed E-state index contributed by atoms with van der Waals surface area (Å²) in [5.74, 6) is 1.34. The highest BCUT2D eigenvalue weighted by atomic mass is 32.2. The van der Waals surface area contributed by atoms with Gasteiger partial charge in [-0.05, 0) is 25.7 Å². The molecular weight excluding hydrogens is 236 g/mol. The van der Waals surface area contributed by atoms with Crippen LogP contribution in [0.5, 0.6) is 0 Å². The van der Waals surface area contributed by atoms with Gasteiger partial charge in [0.1, 0.15) is 5.78 Å². The highest BCUT2D eigenvalue weighted by Crippen LogP contribution is 2.33. The minimum atomic E-state index is -1.21. The Hall–Kier alpha value is -0.220. The van der Waals surface area contributed by atoms with Crippen molar-refractivity contribution in [1.82, 2.24) is 0 Å². The molecule has 0 aromatic rings. The minimum Gasteiger partial charge on any atom is -0.299 e. The number of Topliss-reactive ketones (excluding diaryl/α,β-unsaturated/α-hetero) is 1. The third kappa shape index (κ3) is 4.88. The van der Waals surface area contributed by atoms with Crippen molar-refractivity contribution >= 4 is 16.9 Å². The number of ketones is 1. The van der Waals surface area contributed by atoms with Crippen LogP contribution in [0.3, 0.4) is 0 Å². The third-order valence-corrected chi connectivity index (χ3v) is 4.66. The zero-order valence-corrected chi connectivity index (χ0v) is 11.8. The Labute approximate surface area is 107 Å². The molecule has 0 spiro atoms. The number of carbonyl (C=O) groups is 1. The summed E-state index contributed by atoms with van der Waals surface area (Å²) in [4.78, 5) is 11.8. The Kier molecular flexibility index (Phi) is 6.97. The molecule has 0 aliphatic heterocycles. The maximum absolute atomic E-state index is 11.8. The molecule has 17 heavy (non-hydrogen) atoms. The van der Waals surface area contributed by atoms with E-state index in [-0.39, 0.29) is 11.8 Å². The van der Waals surface area contributed by atoms with E-state index in [4.69, 9.17) is 4.18 Å². The molecule has 0 aromatic heterocycles. The van der Waals surface area contributed by atoms with Crippen LogP contribution in [0.25, 0.3) is 0 Å². The standard InChI is InChI=1S/C13H24O3S/c1-3-5-6-7-12-11(8-9-13(12)14)10-17(15)16-4-2/h11-12H,3-10H2,1-2H3. The molecule has 1 fully saturated rings. The zero-order valence-electron chi connectivity index (χ0n) is 10.9. The van der Waals surface area contributed by atoms with Crippen molar-refractivity contribution in [1.29, 1.82) is 0 Å². The summed E-state index contributed by atoms with van der Waals surface area (Å²) in [6.07, 6.45) is 6.02. The van der Waals surface area contributed by atoms with Crippen LogP contribution in [-0.4, -0.2) is 22.4 Å². The van der Waals surface area contributed by atoms with Gasteiger partial charge < -0.3 is 0 Å². The van der Waals surface area contributed by atoms with Crippen LogP contribution in [0.15, 0.2) is 0 Å². The number of carbonyl (C=O) groups excluding carboxylic acids is 1. The fraction of sp³-hybridized carbons (Fsp3) is 0.923. The maximum Gasteiger partial charge on any atom is 0.155 e. The second-order valence-electron chi connectivity index (χ2n) is 4.74. The lowest BCUT2D eigenvalue weighted by Gasteiger charge is -2.17. The Bertz CT molecular complexity index is 265. The van der Waals surface area contributed by atoms with E-state index in [1.165, 1.54) is 12.8 Å². The topological polar surface area (TPSA) is 43.4 Å². The molecule has 0 N–H and O–H groups in total. The largest absolute Gasteiger partial charge is 0.299 e. The first kappa shape index (κ1) is 14.8. The molecule has 4 heteroatoms. The summed E-state index contributed by atoms with van der Waals surface area (Å²) in [6.45, 7) is 4.49. The van der Waals surface area contributed by atoms with Crippen LogP contribution in [0.4, 0.5) is 0 Å². The maximum atomic E-state index is 11.8. The Balaban J connectivity index is 2.41. The van der Waals surface area contributed by atoms with E-state index in [0.29, 0.717) is 24.6 Å². The van der Waals surface area contributed by atoms with Gasteiger partial charge in [-0.15, -0.1) is 0 Å². The van der Waals surface area contributed by atoms with Crippen molar-refractivity contribution in [3.05, 3.63) is 0 Å². The fourth-order valence-corrected chi connectivity index (χ4v) is 3.65. The van der Waals surface area contributed by atoms with Crippen molar-refractivity contribution in [2.45, 2.75) is 52.4 Å². The minimum absolute atomic E-state index is 0.144. The van der Waals surface area contributed by atoms with Crippen LogP contribution in [0.2, 0.25) is 0 Å². The summed E-state index contributed by atoms with van der Waals surface area (Å²) in [6, 6.07) is 0. The quantitative estimate of drug-likeness (QED) is 0.630. The first-order valence-corrected chi connectivity index (χ1v) is 7.97. The molecule has 0 bridgehead atoms. The van der Waals surface area contributed by atoms with Crippen molar-refractivity contribution in [2.75, 3.05) is 12.4 Å². The summed E-state index contributed by atoms with van der Waals surface area (Å²) in [5.41, 5.74) is 0. The van der Waals surface area contributed by atoms with E-state index < -0.39 is 11.1 Å². The normalized spacial score (nSPS) is 26.4. The number of unbranched alkanes of at least 4 members (excludes halogenated alkanes) is 2. The molecule has 3 unspecified atom stereocenters. The zero-order chi connectivity index (χ0) is 12.7. The molecule has 100 valence electrons. The first-order valence-electron chi connectivity index (χ1n) is 6.73. The molecule has 1 aliphatic rings. The second-order valence-corrected chi connectivity index (χ2v) is 5.92. The van der Waals surface area contributed by atoms with Gasteiger partial charge in [0, 0.05) is 12.3 Å². The van der Waals surface area contributed by atoms with Crippen LogP contribution >= 0.6 is 0 Å². The summed E-state index contributed by atoms with van der Waals surface area (Å²) >= 11 is -1.21. The van der Waals surface area contributed by atoms with E-state index in [1.807, 2.05) is 6.92 Å². The smallest absolute Gasteiger partial charge is 0.155 e. The second kappa shape index (κ2) is 7.98. The summed E-state index contributed by atoms with van der Waals surface area (Å²) in [7, 11) is 0. The lowest BCUT2D eigenvalue weighted by Crippen LogP contribution is -2.21. The van der Waals surface area contributed by atoms with Crippen LogP contribution in [-0.2, 0) is 20.1 Å². The molecule has 1 saturated carbocycles. The highest BCUT2D eigenvalue weighted by Gasteiger charge is 2.35. The molecule has 0 amide bonds. The average Bonchev–Trinajstić information content (AvgIpc) is 2.62.